The van der Waals surface area contributed by atoms with Crippen molar-refractivity contribution in [2.45, 2.75) is 11.8 Å². The van der Waals surface area contributed by atoms with E-state index in [1.165, 1.54) is 6.07 Å². The molecule has 0 saturated carbocycles. The Morgan fingerprint density at radius 1 is 1.11 bits per heavy atom. The van der Waals surface area contributed by atoms with Crippen LogP contribution in [0.5, 0.6) is 0 Å². The molecule has 8 heteroatoms. The normalized spacial score (nSPS) is 14.3. The summed E-state index contributed by atoms with van der Waals surface area (Å²) in [6.45, 7) is 1.51. The Hall–Kier alpha value is -3.05. The average Bonchev–Trinajstić information content (AvgIpc) is 2.95. The SMILES string of the molecule is Cc1ccc(C2=C(c3cc(F)c(S(C)(=O)=O)c(F)c3)COC2=O)cc1C#N. The van der Waals surface area contributed by atoms with Gasteiger partial charge in [0.25, 0.3) is 0 Å². The van der Waals surface area contributed by atoms with Crippen LogP contribution in [0.15, 0.2) is 35.2 Å². The van der Waals surface area contributed by atoms with Crippen LogP contribution in [0, 0.1) is 29.9 Å². The molecule has 2 aromatic carbocycles. The maximum Gasteiger partial charge on any atom is 0.339 e. The third-order valence-corrected chi connectivity index (χ3v) is 5.35. The lowest BCUT2D eigenvalue weighted by molar-refractivity contribution is -0.133. The monoisotopic (exact) mass is 389 g/mol. The zero-order chi connectivity index (χ0) is 19.9. The maximum absolute atomic E-state index is 14.2. The summed E-state index contributed by atoms with van der Waals surface area (Å²) in [6.07, 6.45) is 0.705. The van der Waals surface area contributed by atoms with Crippen LogP contribution >= 0.6 is 0 Å². The molecule has 0 bridgehead atoms. The van der Waals surface area contributed by atoms with Gasteiger partial charge < -0.3 is 4.74 Å². The summed E-state index contributed by atoms with van der Waals surface area (Å²) in [4.78, 5) is 11.2. The third-order valence-electron chi connectivity index (χ3n) is 4.22. The van der Waals surface area contributed by atoms with Gasteiger partial charge in [-0.15, -0.1) is 0 Å². The molecule has 0 amide bonds. The number of hydrogen-bond donors (Lipinski definition) is 0. The van der Waals surface area contributed by atoms with Crippen molar-refractivity contribution in [2.24, 2.45) is 0 Å². The molecule has 1 aliphatic heterocycles. The third kappa shape index (κ3) is 3.34. The van der Waals surface area contributed by atoms with E-state index in [2.05, 4.69) is 0 Å². The van der Waals surface area contributed by atoms with Gasteiger partial charge in [-0.2, -0.15) is 5.26 Å². The van der Waals surface area contributed by atoms with Gasteiger partial charge in [0.2, 0.25) is 0 Å². The predicted molar refractivity (Wildman–Crippen MR) is 93.1 cm³/mol. The number of aryl methyl sites for hydroxylation is 1. The zero-order valence-electron chi connectivity index (χ0n) is 14.3. The van der Waals surface area contributed by atoms with Gasteiger partial charge in [-0.3, -0.25) is 0 Å². The number of esters is 1. The van der Waals surface area contributed by atoms with Crippen molar-refractivity contribution in [2.75, 3.05) is 12.9 Å². The van der Waals surface area contributed by atoms with Crippen molar-refractivity contribution in [1.82, 2.24) is 0 Å². The Balaban J connectivity index is 2.23. The molecule has 0 unspecified atom stereocenters. The molecular formula is C19H13F2NO4S. The number of ether oxygens (including phenoxy) is 1. The Labute approximate surface area is 154 Å². The number of rotatable bonds is 3. The minimum Gasteiger partial charge on any atom is -0.457 e. The van der Waals surface area contributed by atoms with Crippen LogP contribution in [0.25, 0.3) is 11.1 Å². The van der Waals surface area contributed by atoms with E-state index in [0.29, 0.717) is 22.9 Å². The molecule has 27 heavy (non-hydrogen) atoms. The Bertz CT molecular complexity index is 1140. The molecular weight excluding hydrogens is 376 g/mol. The number of carbonyl (C=O) groups excluding carboxylic acids is 1. The summed E-state index contributed by atoms with van der Waals surface area (Å²) in [7, 11) is -4.09. The molecule has 0 fully saturated rings. The highest BCUT2D eigenvalue weighted by Gasteiger charge is 2.30. The Morgan fingerprint density at radius 2 is 1.74 bits per heavy atom. The van der Waals surface area contributed by atoms with E-state index in [9.17, 15) is 27.3 Å². The van der Waals surface area contributed by atoms with Gasteiger partial charge >= 0.3 is 5.97 Å². The summed E-state index contributed by atoms with van der Waals surface area (Å²) >= 11 is 0. The highest BCUT2D eigenvalue weighted by atomic mass is 32.2. The van der Waals surface area contributed by atoms with E-state index >= 15 is 0 Å². The fourth-order valence-corrected chi connectivity index (χ4v) is 3.74. The lowest BCUT2D eigenvalue weighted by Gasteiger charge is -2.09. The fraction of sp³-hybridized carbons (Fsp3) is 0.158. The predicted octanol–water partition coefficient (Wildman–Crippen LogP) is 3.02. The Morgan fingerprint density at radius 3 is 2.30 bits per heavy atom. The van der Waals surface area contributed by atoms with Crippen LogP contribution in [0.4, 0.5) is 8.78 Å². The molecule has 0 atom stereocenters. The molecule has 1 aliphatic rings. The van der Waals surface area contributed by atoms with Crippen molar-refractivity contribution in [3.63, 3.8) is 0 Å². The minimum absolute atomic E-state index is 0.00247. The van der Waals surface area contributed by atoms with E-state index in [0.717, 1.165) is 12.1 Å². The molecule has 0 aromatic heterocycles. The molecule has 0 saturated heterocycles. The van der Waals surface area contributed by atoms with Gasteiger partial charge in [0, 0.05) is 11.8 Å². The van der Waals surface area contributed by atoms with Gasteiger partial charge in [-0.1, -0.05) is 12.1 Å². The van der Waals surface area contributed by atoms with Crippen molar-refractivity contribution in [3.8, 4) is 6.07 Å². The average molecular weight is 389 g/mol. The van der Waals surface area contributed by atoms with Crippen molar-refractivity contribution in [3.05, 3.63) is 64.2 Å². The van der Waals surface area contributed by atoms with Crippen molar-refractivity contribution in [1.29, 1.82) is 5.26 Å². The molecule has 138 valence electrons. The van der Waals surface area contributed by atoms with Crippen LogP contribution < -0.4 is 0 Å². The Kier molecular flexibility index (Phi) is 4.57. The summed E-state index contributed by atoms with van der Waals surface area (Å²) in [6, 6.07) is 8.48. The van der Waals surface area contributed by atoms with Crippen LogP contribution in [0.2, 0.25) is 0 Å². The van der Waals surface area contributed by atoms with Gasteiger partial charge in [0.05, 0.1) is 17.2 Å². The second-order valence-corrected chi connectivity index (χ2v) is 8.06. The standard InChI is InChI=1S/C19H13F2NO4S/c1-10-3-4-11(5-13(10)8-22)17-14(9-26-19(17)23)12-6-15(20)18(16(21)7-12)27(2,24)25/h3-7H,9H2,1-2H3. The minimum atomic E-state index is -4.09. The molecule has 3 rings (SSSR count). The lowest BCUT2D eigenvalue weighted by Crippen LogP contribution is -2.06. The lowest BCUT2D eigenvalue weighted by atomic mass is 9.94. The number of nitrogens with zero attached hydrogens (tertiary/aromatic N) is 1. The summed E-state index contributed by atoms with van der Waals surface area (Å²) in [5.41, 5.74) is 1.73. The van der Waals surface area contributed by atoms with Gasteiger partial charge in [0.1, 0.15) is 23.1 Å². The van der Waals surface area contributed by atoms with Crippen molar-refractivity contribution >= 4 is 27.0 Å². The van der Waals surface area contributed by atoms with E-state index < -0.39 is 32.3 Å². The zero-order valence-corrected chi connectivity index (χ0v) is 15.2. The number of hydrogen-bond acceptors (Lipinski definition) is 5. The fourth-order valence-electron chi connectivity index (χ4n) is 2.91. The van der Waals surface area contributed by atoms with Crippen LogP contribution in [0.3, 0.4) is 0 Å². The van der Waals surface area contributed by atoms with E-state index in [-0.39, 0.29) is 23.3 Å². The maximum atomic E-state index is 14.2. The number of benzene rings is 2. The highest BCUT2D eigenvalue weighted by molar-refractivity contribution is 7.90. The molecule has 0 aliphatic carbocycles. The molecule has 0 spiro atoms. The highest BCUT2D eigenvalue weighted by Crippen LogP contribution is 2.35. The van der Waals surface area contributed by atoms with Crippen LogP contribution in [0.1, 0.15) is 22.3 Å². The first-order chi connectivity index (χ1) is 12.6. The first-order valence-electron chi connectivity index (χ1n) is 7.74. The second-order valence-electron chi connectivity index (χ2n) is 6.11. The topological polar surface area (TPSA) is 84.2 Å². The number of cyclic esters (lactones) is 1. The van der Waals surface area contributed by atoms with Gasteiger partial charge in [0.15, 0.2) is 9.84 Å². The first-order valence-corrected chi connectivity index (χ1v) is 9.63. The molecule has 0 radical (unpaired) electrons. The van der Waals surface area contributed by atoms with Crippen LogP contribution in [-0.4, -0.2) is 27.2 Å². The number of halogens is 2. The number of sulfone groups is 1. The van der Waals surface area contributed by atoms with Gasteiger partial charge in [-0.25, -0.2) is 22.0 Å². The summed E-state index contributed by atoms with van der Waals surface area (Å²) in [5, 5.41) is 9.18. The van der Waals surface area contributed by atoms with E-state index in [4.69, 9.17) is 4.74 Å². The number of carbonyl (C=O) groups is 1. The smallest absolute Gasteiger partial charge is 0.339 e. The summed E-state index contributed by atoms with van der Waals surface area (Å²) < 4.78 is 56.6. The second kappa shape index (κ2) is 6.59. The van der Waals surface area contributed by atoms with Crippen molar-refractivity contribution < 1.29 is 26.7 Å². The molecule has 1 heterocycles. The van der Waals surface area contributed by atoms with Crippen LogP contribution in [-0.2, 0) is 19.4 Å². The molecule has 2 aromatic rings. The number of nitriles is 1. The van der Waals surface area contributed by atoms with Gasteiger partial charge in [-0.05, 0) is 41.8 Å². The largest absolute Gasteiger partial charge is 0.457 e. The molecule has 0 N–H and O–H groups in total. The van der Waals surface area contributed by atoms with E-state index in [1.807, 2.05) is 6.07 Å². The van der Waals surface area contributed by atoms with E-state index in [1.54, 1.807) is 19.1 Å². The molecule has 5 nitrogen and oxygen atoms in total. The summed E-state index contributed by atoms with van der Waals surface area (Å²) in [5.74, 6) is -3.19. The quantitative estimate of drug-likeness (QED) is 0.754. The first kappa shape index (κ1) is 18.7.